The summed E-state index contributed by atoms with van der Waals surface area (Å²) in [6, 6.07) is 9.17. The highest BCUT2D eigenvalue weighted by Gasteiger charge is 2.44. The van der Waals surface area contributed by atoms with Gasteiger partial charge in [-0.2, -0.15) is 0 Å². The molecule has 1 aliphatic rings. The summed E-state index contributed by atoms with van der Waals surface area (Å²) in [5.41, 5.74) is 0.981. The molecule has 0 aliphatic carbocycles. The molecule has 21 heavy (non-hydrogen) atoms. The minimum atomic E-state index is -0.251. The largest absolute Gasteiger partial charge is 0.327 e. The SMILES string of the molecule is CC(C)/C=C/C(=O)N1C(=O)N(C)[C@H](C)[C@@H]1c1ccccc1. The minimum absolute atomic E-state index is 0.0451. The summed E-state index contributed by atoms with van der Waals surface area (Å²) < 4.78 is 0. The maximum absolute atomic E-state index is 12.4. The summed E-state index contributed by atoms with van der Waals surface area (Å²) in [4.78, 5) is 27.8. The number of amides is 3. The van der Waals surface area contributed by atoms with Crippen LogP contribution in [0.25, 0.3) is 0 Å². The van der Waals surface area contributed by atoms with Gasteiger partial charge in [0.1, 0.15) is 0 Å². The monoisotopic (exact) mass is 286 g/mol. The Bertz CT molecular complexity index is 551. The van der Waals surface area contributed by atoms with E-state index in [1.807, 2.05) is 57.2 Å². The number of allylic oxidation sites excluding steroid dienone is 1. The third-order valence-corrected chi connectivity index (χ3v) is 3.86. The predicted molar refractivity (Wildman–Crippen MR) is 82.6 cm³/mol. The second kappa shape index (κ2) is 6.12. The lowest BCUT2D eigenvalue weighted by molar-refractivity contribution is -0.124. The molecule has 0 bridgehead atoms. The fourth-order valence-corrected chi connectivity index (χ4v) is 2.55. The van der Waals surface area contributed by atoms with Gasteiger partial charge >= 0.3 is 6.03 Å². The molecule has 0 aromatic heterocycles. The number of hydrogen-bond donors (Lipinski definition) is 0. The van der Waals surface area contributed by atoms with Gasteiger partial charge in [-0.25, -0.2) is 4.79 Å². The molecule has 2 atom stereocenters. The molecule has 1 aromatic carbocycles. The van der Waals surface area contributed by atoms with Crippen LogP contribution < -0.4 is 0 Å². The molecule has 1 fully saturated rings. The van der Waals surface area contributed by atoms with E-state index in [1.165, 1.54) is 11.0 Å². The summed E-state index contributed by atoms with van der Waals surface area (Å²) in [7, 11) is 1.74. The first-order chi connectivity index (χ1) is 9.93. The van der Waals surface area contributed by atoms with Crippen LogP contribution in [0.3, 0.4) is 0 Å². The molecule has 0 N–H and O–H groups in total. The van der Waals surface area contributed by atoms with Gasteiger partial charge in [0.05, 0.1) is 12.1 Å². The predicted octanol–water partition coefficient (Wildman–Crippen LogP) is 3.22. The molecule has 1 aliphatic heterocycles. The van der Waals surface area contributed by atoms with Crippen LogP contribution in [-0.2, 0) is 4.79 Å². The topological polar surface area (TPSA) is 40.6 Å². The van der Waals surface area contributed by atoms with Crippen LogP contribution in [0, 0.1) is 5.92 Å². The van der Waals surface area contributed by atoms with Gasteiger partial charge in [0.25, 0.3) is 5.91 Å². The number of urea groups is 1. The van der Waals surface area contributed by atoms with Crippen LogP contribution in [0.5, 0.6) is 0 Å². The van der Waals surface area contributed by atoms with Gasteiger partial charge in [-0.1, -0.05) is 50.3 Å². The van der Waals surface area contributed by atoms with Crippen molar-refractivity contribution in [1.29, 1.82) is 0 Å². The molecule has 4 heteroatoms. The molecule has 1 heterocycles. The maximum Gasteiger partial charge on any atom is 0.327 e. The van der Waals surface area contributed by atoms with Crippen molar-refractivity contribution in [2.75, 3.05) is 7.05 Å². The van der Waals surface area contributed by atoms with Gasteiger partial charge in [0, 0.05) is 7.05 Å². The lowest BCUT2D eigenvalue weighted by Crippen LogP contribution is -2.35. The Kier molecular flexibility index (Phi) is 4.46. The number of hydrogen-bond acceptors (Lipinski definition) is 2. The Morgan fingerprint density at radius 2 is 1.86 bits per heavy atom. The van der Waals surface area contributed by atoms with Gasteiger partial charge in [-0.3, -0.25) is 9.69 Å². The first-order valence-corrected chi connectivity index (χ1v) is 7.26. The Hall–Kier alpha value is -2.10. The van der Waals surface area contributed by atoms with Gasteiger partial charge in [0.2, 0.25) is 0 Å². The molecule has 112 valence electrons. The summed E-state index contributed by atoms with van der Waals surface area (Å²) in [5, 5.41) is 0. The molecule has 1 aromatic rings. The van der Waals surface area contributed by atoms with Crippen molar-refractivity contribution in [3.63, 3.8) is 0 Å². The zero-order chi connectivity index (χ0) is 15.6. The second-order valence-electron chi connectivity index (χ2n) is 5.80. The van der Waals surface area contributed by atoms with E-state index < -0.39 is 0 Å². The second-order valence-corrected chi connectivity index (χ2v) is 5.80. The van der Waals surface area contributed by atoms with Crippen LogP contribution >= 0.6 is 0 Å². The summed E-state index contributed by atoms with van der Waals surface area (Å²) in [6.45, 7) is 5.97. The van der Waals surface area contributed by atoms with E-state index in [0.717, 1.165) is 5.56 Å². The van der Waals surface area contributed by atoms with Crippen LogP contribution in [0.1, 0.15) is 32.4 Å². The van der Waals surface area contributed by atoms with Crippen molar-refractivity contribution >= 4 is 11.9 Å². The van der Waals surface area contributed by atoms with E-state index in [-0.39, 0.29) is 29.9 Å². The molecule has 2 rings (SSSR count). The maximum atomic E-state index is 12.4. The Morgan fingerprint density at radius 3 is 2.43 bits per heavy atom. The quantitative estimate of drug-likeness (QED) is 0.800. The molecule has 1 saturated heterocycles. The molecule has 3 amide bonds. The number of carbonyl (C=O) groups excluding carboxylic acids is 2. The molecule has 0 spiro atoms. The van der Waals surface area contributed by atoms with E-state index in [9.17, 15) is 9.59 Å². The third-order valence-electron chi connectivity index (χ3n) is 3.86. The molecule has 0 radical (unpaired) electrons. The normalized spacial score (nSPS) is 22.6. The first-order valence-electron chi connectivity index (χ1n) is 7.26. The van der Waals surface area contributed by atoms with Crippen molar-refractivity contribution in [1.82, 2.24) is 9.80 Å². The molecule has 0 saturated carbocycles. The van der Waals surface area contributed by atoms with Gasteiger partial charge < -0.3 is 4.90 Å². The minimum Gasteiger partial charge on any atom is -0.322 e. The van der Waals surface area contributed by atoms with E-state index >= 15 is 0 Å². The number of likely N-dealkylation sites (N-methyl/N-ethyl adjacent to an activating group) is 1. The van der Waals surface area contributed by atoms with E-state index in [4.69, 9.17) is 0 Å². The van der Waals surface area contributed by atoms with Crippen LogP contribution in [-0.4, -0.2) is 34.8 Å². The van der Waals surface area contributed by atoms with Crippen LogP contribution in [0.15, 0.2) is 42.5 Å². The molecule has 4 nitrogen and oxygen atoms in total. The molecular formula is C17H22N2O2. The van der Waals surface area contributed by atoms with Crippen molar-refractivity contribution in [2.24, 2.45) is 5.92 Å². The number of carbonyl (C=O) groups is 2. The van der Waals surface area contributed by atoms with E-state index in [1.54, 1.807) is 11.9 Å². The average Bonchev–Trinajstić information content (AvgIpc) is 2.70. The highest BCUT2D eigenvalue weighted by atomic mass is 16.2. The summed E-state index contributed by atoms with van der Waals surface area (Å²) >= 11 is 0. The third kappa shape index (κ3) is 2.99. The highest BCUT2D eigenvalue weighted by Crippen LogP contribution is 2.34. The van der Waals surface area contributed by atoms with Gasteiger partial charge in [-0.15, -0.1) is 0 Å². The zero-order valence-electron chi connectivity index (χ0n) is 13.0. The molecular weight excluding hydrogens is 264 g/mol. The number of benzene rings is 1. The molecule has 0 unspecified atom stereocenters. The van der Waals surface area contributed by atoms with Crippen molar-refractivity contribution in [3.8, 4) is 0 Å². The number of nitrogens with zero attached hydrogens (tertiary/aromatic N) is 2. The van der Waals surface area contributed by atoms with E-state index in [0.29, 0.717) is 0 Å². The van der Waals surface area contributed by atoms with Crippen LogP contribution in [0.4, 0.5) is 4.79 Å². The fraction of sp³-hybridized carbons (Fsp3) is 0.412. The highest BCUT2D eigenvalue weighted by molar-refractivity contribution is 6.02. The standard InChI is InChI=1S/C17H22N2O2/c1-12(2)10-11-15(20)19-16(13(3)18(4)17(19)21)14-8-6-5-7-9-14/h5-13,16H,1-4H3/b11-10+/t13-,16-/m1/s1. The number of imide groups is 1. The summed E-state index contributed by atoms with van der Waals surface area (Å²) in [5.74, 6) is 0.0238. The lowest BCUT2D eigenvalue weighted by atomic mass is 10.0. The Balaban J connectivity index is 2.36. The Labute approximate surface area is 126 Å². The van der Waals surface area contributed by atoms with Gasteiger partial charge in [-0.05, 0) is 24.5 Å². The van der Waals surface area contributed by atoms with E-state index in [2.05, 4.69) is 0 Å². The fourth-order valence-electron chi connectivity index (χ4n) is 2.55. The Morgan fingerprint density at radius 1 is 1.24 bits per heavy atom. The first kappa shape index (κ1) is 15.3. The van der Waals surface area contributed by atoms with Crippen molar-refractivity contribution in [2.45, 2.75) is 32.9 Å². The average molecular weight is 286 g/mol. The van der Waals surface area contributed by atoms with Crippen LogP contribution in [0.2, 0.25) is 0 Å². The zero-order valence-corrected chi connectivity index (χ0v) is 13.0. The van der Waals surface area contributed by atoms with Gasteiger partial charge in [0.15, 0.2) is 0 Å². The summed E-state index contributed by atoms with van der Waals surface area (Å²) in [6.07, 6.45) is 3.32. The lowest BCUT2D eigenvalue weighted by Gasteiger charge is -2.23. The number of rotatable bonds is 3. The van der Waals surface area contributed by atoms with Crippen molar-refractivity contribution in [3.05, 3.63) is 48.0 Å². The van der Waals surface area contributed by atoms with Crippen molar-refractivity contribution < 1.29 is 9.59 Å². The smallest absolute Gasteiger partial charge is 0.322 e.